The second-order valence-corrected chi connectivity index (χ2v) is 7.32. The van der Waals surface area contributed by atoms with Crippen LogP contribution in [0.2, 0.25) is 0 Å². The molecule has 0 saturated carbocycles. The van der Waals surface area contributed by atoms with Crippen molar-refractivity contribution in [3.8, 4) is 28.7 Å². The van der Waals surface area contributed by atoms with Crippen molar-refractivity contribution in [1.29, 1.82) is 0 Å². The third kappa shape index (κ3) is 5.21. The van der Waals surface area contributed by atoms with E-state index in [1.807, 2.05) is 91.9 Å². The van der Waals surface area contributed by atoms with Gasteiger partial charge in [0.15, 0.2) is 6.10 Å². The zero-order valence-electron chi connectivity index (χ0n) is 17.9. The Hall–Kier alpha value is -3.93. The van der Waals surface area contributed by atoms with E-state index in [4.69, 9.17) is 9.15 Å². The molecule has 6 heteroatoms. The van der Waals surface area contributed by atoms with Gasteiger partial charge in [0.05, 0.1) is 5.56 Å². The Balaban J connectivity index is 1.44. The highest BCUT2D eigenvalue weighted by Gasteiger charge is 2.21. The molecule has 1 atom stereocenters. The Bertz CT molecular complexity index is 1140. The number of benzene rings is 3. The van der Waals surface area contributed by atoms with Crippen LogP contribution >= 0.6 is 0 Å². The smallest absolute Gasteiger partial charge is 0.261 e. The number of carbonyl (C=O) groups is 1. The van der Waals surface area contributed by atoms with Crippen molar-refractivity contribution in [3.05, 3.63) is 90.5 Å². The third-order valence-corrected chi connectivity index (χ3v) is 5.05. The molecular formula is C26H25N3O3. The topological polar surface area (TPSA) is 77.2 Å². The Labute approximate surface area is 187 Å². The normalized spacial score (nSPS) is 11.7. The van der Waals surface area contributed by atoms with Gasteiger partial charge in [-0.1, -0.05) is 67.6 Å². The Morgan fingerprint density at radius 3 is 2.31 bits per heavy atom. The molecule has 0 spiro atoms. The number of nitrogens with zero attached hydrogens (tertiary/aromatic N) is 2. The molecular weight excluding hydrogens is 402 g/mol. The monoisotopic (exact) mass is 427 g/mol. The first-order chi connectivity index (χ1) is 15.7. The van der Waals surface area contributed by atoms with Crippen LogP contribution in [0, 0.1) is 0 Å². The summed E-state index contributed by atoms with van der Waals surface area (Å²) in [5, 5.41) is 11.3. The first-order valence-corrected chi connectivity index (χ1v) is 10.7. The van der Waals surface area contributed by atoms with E-state index in [-0.39, 0.29) is 5.91 Å². The molecule has 6 nitrogen and oxygen atoms in total. The molecule has 0 radical (unpaired) electrons. The van der Waals surface area contributed by atoms with Crippen molar-refractivity contribution >= 4 is 5.91 Å². The van der Waals surface area contributed by atoms with E-state index in [1.54, 1.807) is 0 Å². The predicted molar refractivity (Wildman–Crippen MR) is 123 cm³/mol. The number of para-hydroxylation sites is 1. The quantitative estimate of drug-likeness (QED) is 0.410. The zero-order chi connectivity index (χ0) is 22.2. The summed E-state index contributed by atoms with van der Waals surface area (Å²) < 4.78 is 12.0. The number of nitrogens with one attached hydrogen (secondary N) is 1. The number of carbonyl (C=O) groups excluding carboxylic acids is 1. The highest BCUT2D eigenvalue weighted by molar-refractivity contribution is 5.81. The summed E-state index contributed by atoms with van der Waals surface area (Å²) in [6, 6.07) is 27.0. The van der Waals surface area contributed by atoms with Crippen molar-refractivity contribution in [2.75, 3.05) is 6.54 Å². The van der Waals surface area contributed by atoms with Crippen LogP contribution in [0.3, 0.4) is 0 Å². The molecule has 1 N–H and O–H groups in total. The molecule has 0 saturated heterocycles. The second kappa shape index (κ2) is 10.4. The molecule has 1 heterocycles. The number of hydrogen-bond acceptors (Lipinski definition) is 5. The molecule has 162 valence electrons. The van der Waals surface area contributed by atoms with E-state index >= 15 is 0 Å². The van der Waals surface area contributed by atoms with Gasteiger partial charge in [-0.15, -0.1) is 10.2 Å². The average Bonchev–Trinajstić information content (AvgIpc) is 3.34. The summed E-state index contributed by atoms with van der Waals surface area (Å²) in [6.45, 7) is 2.47. The van der Waals surface area contributed by atoms with Gasteiger partial charge in [-0.3, -0.25) is 4.79 Å². The fourth-order valence-corrected chi connectivity index (χ4v) is 3.34. The van der Waals surface area contributed by atoms with Gasteiger partial charge < -0.3 is 14.5 Å². The summed E-state index contributed by atoms with van der Waals surface area (Å²) in [6.07, 6.45) is 0.678. The lowest BCUT2D eigenvalue weighted by atomic mass is 10.1. The van der Waals surface area contributed by atoms with Crippen LogP contribution in [0.4, 0.5) is 0 Å². The minimum Gasteiger partial charge on any atom is -0.480 e. The molecule has 0 aliphatic carbocycles. The van der Waals surface area contributed by atoms with Crippen molar-refractivity contribution in [2.24, 2.45) is 0 Å². The van der Waals surface area contributed by atoms with Gasteiger partial charge in [0.2, 0.25) is 5.89 Å². The van der Waals surface area contributed by atoms with Crippen LogP contribution in [0.5, 0.6) is 5.75 Å². The molecule has 1 aromatic heterocycles. The van der Waals surface area contributed by atoms with E-state index in [0.717, 1.165) is 12.0 Å². The fourth-order valence-electron chi connectivity index (χ4n) is 3.34. The van der Waals surface area contributed by atoms with Crippen LogP contribution in [0.15, 0.2) is 89.3 Å². The predicted octanol–water partition coefficient (Wildman–Crippen LogP) is 4.92. The number of ether oxygens (including phenoxy) is 1. The second-order valence-electron chi connectivity index (χ2n) is 7.32. The van der Waals surface area contributed by atoms with Crippen molar-refractivity contribution in [3.63, 3.8) is 0 Å². The molecule has 0 aliphatic heterocycles. The summed E-state index contributed by atoms with van der Waals surface area (Å²) >= 11 is 0. The lowest BCUT2D eigenvalue weighted by molar-refractivity contribution is -0.128. The van der Waals surface area contributed by atoms with Crippen LogP contribution in [-0.4, -0.2) is 28.8 Å². The van der Waals surface area contributed by atoms with Gasteiger partial charge in [0.25, 0.3) is 11.8 Å². The van der Waals surface area contributed by atoms with Gasteiger partial charge in [0.1, 0.15) is 5.75 Å². The minimum atomic E-state index is -0.622. The molecule has 0 unspecified atom stereocenters. The SMILES string of the molecule is CC[C@H](Oc1ccccc1-c1nnc(-c2ccccc2)o1)C(=O)NCCc1ccccc1. The fraction of sp³-hybridized carbons (Fsp3) is 0.192. The number of hydrogen-bond donors (Lipinski definition) is 1. The van der Waals surface area contributed by atoms with E-state index < -0.39 is 6.10 Å². The Morgan fingerprint density at radius 2 is 1.56 bits per heavy atom. The molecule has 4 aromatic rings. The zero-order valence-corrected chi connectivity index (χ0v) is 17.9. The van der Waals surface area contributed by atoms with Gasteiger partial charge in [-0.2, -0.15) is 0 Å². The van der Waals surface area contributed by atoms with E-state index in [2.05, 4.69) is 15.5 Å². The highest BCUT2D eigenvalue weighted by Crippen LogP contribution is 2.31. The maximum atomic E-state index is 12.7. The molecule has 0 aliphatic rings. The number of amides is 1. The summed E-state index contributed by atoms with van der Waals surface area (Å²) in [7, 11) is 0. The van der Waals surface area contributed by atoms with Gasteiger partial charge in [-0.05, 0) is 42.7 Å². The first kappa shape index (κ1) is 21.3. The lowest BCUT2D eigenvalue weighted by Crippen LogP contribution is -2.39. The number of aromatic nitrogens is 2. The molecule has 32 heavy (non-hydrogen) atoms. The first-order valence-electron chi connectivity index (χ1n) is 10.7. The summed E-state index contributed by atoms with van der Waals surface area (Å²) in [5.41, 5.74) is 2.67. The van der Waals surface area contributed by atoms with E-state index in [1.165, 1.54) is 5.56 Å². The van der Waals surface area contributed by atoms with Gasteiger partial charge in [-0.25, -0.2) is 0 Å². The molecule has 1 amide bonds. The Kier molecular flexibility index (Phi) is 6.92. The standard InChI is InChI=1S/C26H25N3O3/c1-2-22(24(30)27-18-17-19-11-5-3-6-12-19)31-23-16-10-9-15-21(23)26-29-28-25(32-26)20-13-7-4-8-14-20/h3-16,22H,2,17-18H2,1H3,(H,27,30)/t22-/m0/s1. The summed E-state index contributed by atoms with van der Waals surface area (Å²) in [4.78, 5) is 12.7. The van der Waals surface area contributed by atoms with Crippen LogP contribution in [0.25, 0.3) is 22.9 Å². The minimum absolute atomic E-state index is 0.145. The maximum absolute atomic E-state index is 12.7. The van der Waals surface area contributed by atoms with E-state index in [9.17, 15) is 4.79 Å². The van der Waals surface area contributed by atoms with Gasteiger partial charge in [0, 0.05) is 12.1 Å². The van der Waals surface area contributed by atoms with Gasteiger partial charge >= 0.3 is 0 Å². The van der Waals surface area contributed by atoms with Crippen LogP contribution in [0.1, 0.15) is 18.9 Å². The summed E-state index contributed by atoms with van der Waals surface area (Å²) in [5.74, 6) is 1.16. The van der Waals surface area contributed by atoms with Crippen LogP contribution in [-0.2, 0) is 11.2 Å². The molecule has 0 bridgehead atoms. The largest absolute Gasteiger partial charge is 0.480 e. The molecule has 4 rings (SSSR count). The lowest BCUT2D eigenvalue weighted by Gasteiger charge is -2.18. The average molecular weight is 428 g/mol. The molecule has 3 aromatic carbocycles. The molecule has 0 fully saturated rings. The third-order valence-electron chi connectivity index (χ3n) is 5.05. The van der Waals surface area contributed by atoms with E-state index in [0.29, 0.717) is 36.1 Å². The van der Waals surface area contributed by atoms with Crippen LogP contribution < -0.4 is 10.1 Å². The Morgan fingerprint density at radius 1 is 0.906 bits per heavy atom. The highest BCUT2D eigenvalue weighted by atomic mass is 16.5. The van der Waals surface area contributed by atoms with Crippen molar-refractivity contribution in [2.45, 2.75) is 25.9 Å². The maximum Gasteiger partial charge on any atom is 0.261 e. The number of rotatable bonds is 9. The van der Waals surface area contributed by atoms with Crippen molar-refractivity contribution < 1.29 is 13.9 Å². The van der Waals surface area contributed by atoms with Crippen molar-refractivity contribution in [1.82, 2.24) is 15.5 Å².